The Hall–Kier alpha value is -2.05. The fourth-order valence-electron chi connectivity index (χ4n) is 1.51. The number of ether oxygens (including phenoxy) is 2. The predicted octanol–water partition coefficient (Wildman–Crippen LogP) is 2.73. The van der Waals surface area contributed by atoms with Crippen molar-refractivity contribution < 1.29 is 19.1 Å². The van der Waals surface area contributed by atoms with Crippen molar-refractivity contribution in [1.29, 1.82) is 0 Å². The highest BCUT2D eigenvalue weighted by Gasteiger charge is 2.18. The monoisotopic (exact) mass is 311 g/mol. The van der Waals surface area contributed by atoms with Crippen LogP contribution in [0, 0.1) is 0 Å². The van der Waals surface area contributed by atoms with E-state index in [2.05, 4.69) is 10.3 Å². The van der Waals surface area contributed by atoms with Crippen molar-refractivity contribution in [2.45, 2.75) is 59.2 Å². The van der Waals surface area contributed by atoms with E-state index >= 15 is 0 Å². The van der Waals surface area contributed by atoms with Crippen LogP contribution in [0.4, 0.5) is 9.59 Å². The molecule has 0 spiro atoms. The molecular weight excluding hydrogens is 286 g/mol. The number of carbonyl (C=O) groups excluding carboxylic acids is 2. The topological polar surface area (TPSA) is 82.5 Å². The zero-order valence-corrected chi connectivity index (χ0v) is 14.1. The number of rotatable bonds is 3. The number of amides is 1. The Morgan fingerprint density at radius 1 is 1.14 bits per heavy atom. The molecule has 0 fully saturated rings. The summed E-state index contributed by atoms with van der Waals surface area (Å²) in [7, 11) is 0. The molecule has 1 aromatic rings. The van der Waals surface area contributed by atoms with Gasteiger partial charge >= 0.3 is 12.2 Å². The summed E-state index contributed by atoms with van der Waals surface area (Å²) in [6.45, 7) is 11.2. The van der Waals surface area contributed by atoms with Crippen molar-refractivity contribution in [3.05, 3.63) is 18.2 Å². The van der Waals surface area contributed by atoms with Crippen LogP contribution in [0.3, 0.4) is 0 Å². The Kier molecular flexibility index (Phi) is 5.57. The van der Waals surface area contributed by atoms with Gasteiger partial charge in [-0.3, -0.25) is 0 Å². The zero-order chi connectivity index (χ0) is 17.0. The van der Waals surface area contributed by atoms with Gasteiger partial charge in [-0.1, -0.05) is 0 Å². The van der Waals surface area contributed by atoms with E-state index in [1.165, 1.54) is 10.9 Å². The molecule has 0 aliphatic carbocycles. The van der Waals surface area contributed by atoms with Crippen molar-refractivity contribution in [3.63, 3.8) is 0 Å². The quantitative estimate of drug-likeness (QED) is 0.928. The lowest BCUT2D eigenvalue weighted by molar-refractivity contribution is 0.0519. The number of nitrogens with one attached hydrogen (secondary N) is 1. The highest BCUT2D eigenvalue weighted by molar-refractivity contribution is 5.70. The molecular formula is C15H25N3O4. The Balaban J connectivity index is 2.43. The Bertz CT molecular complexity index is 524. The van der Waals surface area contributed by atoms with Crippen LogP contribution in [0.15, 0.2) is 12.5 Å². The van der Waals surface area contributed by atoms with E-state index in [0.29, 0.717) is 18.7 Å². The summed E-state index contributed by atoms with van der Waals surface area (Å²) >= 11 is 0. The van der Waals surface area contributed by atoms with Gasteiger partial charge in [0.15, 0.2) is 0 Å². The first-order valence-corrected chi connectivity index (χ1v) is 7.19. The van der Waals surface area contributed by atoms with Crippen LogP contribution in [0.2, 0.25) is 0 Å². The second-order valence-electron chi connectivity index (χ2n) is 6.93. The number of hydrogen-bond acceptors (Lipinski definition) is 5. The number of alkyl carbamates (subject to hydrolysis) is 1. The maximum Gasteiger partial charge on any atom is 0.419 e. The first-order valence-electron chi connectivity index (χ1n) is 7.19. The molecule has 0 unspecified atom stereocenters. The molecule has 7 nitrogen and oxygen atoms in total. The maximum atomic E-state index is 11.8. The molecule has 1 heterocycles. The summed E-state index contributed by atoms with van der Waals surface area (Å²) in [5, 5.41) is 2.64. The van der Waals surface area contributed by atoms with E-state index in [-0.39, 0.29) is 0 Å². The summed E-state index contributed by atoms with van der Waals surface area (Å²) in [4.78, 5) is 27.4. The van der Waals surface area contributed by atoms with E-state index in [1.807, 2.05) is 0 Å². The Morgan fingerprint density at radius 2 is 1.73 bits per heavy atom. The molecule has 0 atom stereocenters. The average Bonchev–Trinajstić information content (AvgIpc) is 2.72. The summed E-state index contributed by atoms with van der Waals surface area (Å²) in [6.07, 6.45) is 2.53. The van der Waals surface area contributed by atoms with Gasteiger partial charge in [0.2, 0.25) is 0 Å². The first kappa shape index (κ1) is 18.0. The smallest absolute Gasteiger partial charge is 0.419 e. The molecule has 0 bridgehead atoms. The van der Waals surface area contributed by atoms with Crippen LogP contribution < -0.4 is 5.32 Å². The first-order chi connectivity index (χ1) is 9.96. The third-order valence-corrected chi connectivity index (χ3v) is 2.29. The average molecular weight is 311 g/mol. The van der Waals surface area contributed by atoms with Crippen molar-refractivity contribution in [1.82, 2.24) is 14.9 Å². The summed E-state index contributed by atoms with van der Waals surface area (Å²) in [5.74, 6) is 0. The third-order valence-electron chi connectivity index (χ3n) is 2.29. The lowest BCUT2D eigenvalue weighted by atomic mass is 10.2. The highest BCUT2D eigenvalue weighted by Crippen LogP contribution is 2.09. The summed E-state index contributed by atoms with van der Waals surface area (Å²) in [6, 6.07) is 0. The Morgan fingerprint density at radius 3 is 2.27 bits per heavy atom. The van der Waals surface area contributed by atoms with Gasteiger partial charge in [-0.05, 0) is 41.5 Å². The van der Waals surface area contributed by atoms with Crippen LogP contribution in [0.1, 0.15) is 47.2 Å². The van der Waals surface area contributed by atoms with Gasteiger partial charge in [-0.25, -0.2) is 19.1 Å². The SMILES string of the molecule is CC(C)(C)OC(=O)NCCc1cn(C(=O)OC(C)(C)C)cn1. The number of nitrogens with zero attached hydrogens (tertiary/aromatic N) is 2. The molecule has 1 amide bonds. The van der Waals surface area contributed by atoms with E-state index in [1.54, 1.807) is 47.7 Å². The van der Waals surface area contributed by atoms with E-state index in [0.717, 1.165) is 0 Å². The predicted molar refractivity (Wildman–Crippen MR) is 81.8 cm³/mol. The van der Waals surface area contributed by atoms with E-state index in [9.17, 15) is 9.59 Å². The molecule has 124 valence electrons. The van der Waals surface area contributed by atoms with Crippen LogP contribution in [-0.2, 0) is 15.9 Å². The van der Waals surface area contributed by atoms with Crippen LogP contribution >= 0.6 is 0 Å². The molecule has 0 aromatic carbocycles. The van der Waals surface area contributed by atoms with E-state index < -0.39 is 23.4 Å². The largest absolute Gasteiger partial charge is 0.444 e. The van der Waals surface area contributed by atoms with Crippen molar-refractivity contribution in [2.75, 3.05) is 6.54 Å². The molecule has 0 saturated heterocycles. The standard InChI is InChI=1S/C15H25N3O4/c1-14(2,3)21-12(19)16-8-7-11-9-18(10-17-11)13(20)22-15(4,5)6/h9-10H,7-8H2,1-6H3,(H,16,19). The highest BCUT2D eigenvalue weighted by atomic mass is 16.6. The number of imidazole rings is 1. The van der Waals surface area contributed by atoms with Gasteiger partial charge < -0.3 is 14.8 Å². The van der Waals surface area contributed by atoms with Gasteiger partial charge in [0.05, 0.1) is 5.69 Å². The number of carbonyl (C=O) groups is 2. The van der Waals surface area contributed by atoms with Crippen molar-refractivity contribution in [2.24, 2.45) is 0 Å². The lowest BCUT2D eigenvalue weighted by Crippen LogP contribution is -2.33. The minimum absolute atomic E-state index is 0.375. The molecule has 1 aromatic heterocycles. The van der Waals surface area contributed by atoms with Crippen molar-refractivity contribution >= 4 is 12.2 Å². The molecule has 0 aliphatic rings. The fourth-order valence-corrected chi connectivity index (χ4v) is 1.51. The lowest BCUT2D eigenvalue weighted by Gasteiger charge is -2.19. The fraction of sp³-hybridized carbons (Fsp3) is 0.667. The summed E-state index contributed by atoms with van der Waals surface area (Å²) < 4.78 is 11.6. The minimum atomic E-state index is -0.556. The van der Waals surface area contributed by atoms with Gasteiger partial charge in [0.1, 0.15) is 17.5 Å². The van der Waals surface area contributed by atoms with Gasteiger partial charge in [0.25, 0.3) is 0 Å². The second kappa shape index (κ2) is 6.81. The van der Waals surface area contributed by atoms with Crippen LogP contribution in [-0.4, -0.2) is 39.5 Å². The molecule has 0 radical (unpaired) electrons. The second-order valence-corrected chi connectivity index (χ2v) is 6.93. The van der Waals surface area contributed by atoms with Gasteiger partial charge in [-0.2, -0.15) is 0 Å². The Labute approximate surface area is 131 Å². The van der Waals surface area contributed by atoms with Gasteiger partial charge in [0, 0.05) is 19.2 Å². The number of aromatic nitrogens is 2. The van der Waals surface area contributed by atoms with Crippen LogP contribution in [0.25, 0.3) is 0 Å². The normalized spacial score (nSPS) is 11.9. The number of hydrogen-bond donors (Lipinski definition) is 1. The van der Waals surface area contributed by atoms with Crippen molar-refractivity contribution in [3.8, 4) is 0 Å². The zero-order valence-electron chi connectivity index (χ0n) is 14.1. The van der Waals surface area contributed by atoms with E-state index in [4.69, 9.17) is 9.47 Å². The maximum absolute atomic E-state index is 11.8. The molecule has 22 heavy (non-hydrogen) atoms. The molecule has 0 aliphatic heterocycles. The third kappa shape index (κ3) is 7.10. The van der Waals surface area contributed by atoms with Crippen LogP contribution in [0.5, 0.6) is 0 Å². The van der Waals surface area contributed by atoms with Gasteiger partial charge in [-0.15, -0.1) is 0 Å². The summed E-state index contributed by atoms with van der Waals surface area (Å²) in [5.41, 5.74) is -0.399. The minimum Gasteiger partial charge on any atom is -0.444 e. The molecule has 1 rings (SSSR count). The molecule has 7 heteroatoms. The molecule has 1 N–H and O–H groups in total. The molecule has 0 saturated carbocycles.